The lowest BCUT2D eigenvalue weighted by Gasteiger charge is -2.14. The van der Waals surface area contributed by atoms with Crippen LogP contribution < -0.4 is 4.74 Å². The molecule has 2 heterocycles. The molecule has 0 saturated carbocycles. The van der Waals surface area contributed by atoms with E-state index in [9.17, 15) is 13.2 Å². The fourth-order valence-corrected chi connectivity index (χ4v) is 2.46. The normalized spacial score (nSPS) is 11.7. The van der Waals surface area contributed by atoms with Crippen molar-refractivity contribution in [2.45, 2.75) is 6.18 Å². The van der Waals surface area contributed by atoms with Crippen molar-refractivity contribution in [2.75, 3.05) is 13.9 Å². The Morgan fingerprint density at radius 1 is 1.16 bits per heavy atom. The summed E-state index contributed by atoms with van der Waals surface area (Å²) in [5.74, 6) is -0.0414. The average molecular weight is 370 g/mol. The topological polar surface area (TPSA) is 57.1 Å². The molecule has 130 valence electrons. The second-order valence-electron chi connectivity index (χ2n) is 5.00. The lowest BCUT2D eigenvalue weighted by atomic mass is 10.0. The monoisotopic (exact) mass is 369 g/mol. The van der Waals surface area contributed by atoms with Crippen LogP contribution in [0.5, 0.6) is 5.75 Å². The minimum Gasteiger partial charge on any atom is -0.467 e. The molecule has 0 unspecified atom stereocenters. The van der Waals surface area contributed by atoms with Crippen molar-refractivity contribution in [2.24, 2.45) is 0 Å². The van der Waals surface area contributed by atoms with Crippen LogP contribution in [0.2, 0.25) is 5.15 Å². The van der Waals surface area contributed by atoms with E-state index in [1.165, 1.54) is 19.4 Å². The standard InChI is InChI=1S/C16H11ClF3N3O2/c1-24-8-25-12-7-9(16(18,19)20)4-5-10(12)14-13-11(3-2-6-21-13)15(17)23-22-14/h2-7H,8H2,1H3. The number of nitrogens with zero attached hydrogens (tertiary/aromatic N) is 3. The van der Waals surface area contributed by atoms with Crippen LogP contribution in [0.3, 0.4) is 0 Å². The predicted octanol–water partition coefficient (Wildman–Crippen LogP) is 4.35. The van der Waals surface area contributed by atoms with Crippen molar-refractivity contribution in [3.05, 3.63) is 47.2 Å². The summed E-state index contributed by atoms with van der Waals surface area (Å²) in [6.45, 7) is -0.222. The van der Waals surface area contributed by atoms with E-state index >= 15 is 0 Å². The minimum atomic E-state index is -4.50. The molecule has 0 aliphatic rings. The Labute approximate surface area is 145 Å². The third kappa shape index (κ3) is 3.49. The molecule has 0 N–H and O–H groups in total. The number of hydrogen-bond donors (Lipinski definition) is 0. The summed E-state index contributed by atoms with van der Waals surface area (Å²) in [4.78, 5) is 4.21. The Kier molecular flexibility index (Phi) is 4.73. The fraction of sp³-hybridized carbons (Fsp3) is 0.188. The van der Waals surface area contributed by atoms with Crippen molar-refractivity contribution in [1.82, 2.24) is 15.2 Å². The maximum absolute atomic E-state index is 13.0. The fourth-order valence-electron chi connectivity index (χ4n) is 2.27. The van der Waals surface area contributed by atoms with Gasteiger partial charge in [0, 0.05) is 24.3 Å². The van der Waals surface area contributed by atoms with Crippen LogP contribution in [-0.2, 0) is 10.9 Å². The van der Waals surface area contributed by atoms with Crippen molar-refractivity contribution in [3.63, 3.8) is 0 Å². The first-order chi connectivity index (χ1) is 11.9. The van der Waals surface area contributed by atoms with Gasteiger partial charge < -0.3 is 9.47 Å². The lowest BCUT2D eigenvalue weighted by Crippen LogP contribution is -2.07. The van der Waals surface area contributed by atoms with Gasteiger partial charge in [-0.2, -0.15) is 13.2 Å². The second kappa shape index (κ2) is 6.81. The first kappa shape index (κ1) is 17.4. The van der Waals surface area contributed by atoms with Gasteiger partial charge in [-0.1, -0.05) is 11.6 Å². The van der Waals surface area contributed by atoms with Gasteiger partial charge in [0.15, 0.2) is 11.9 Å². The van der Waals surface area contributed by atoms with Crippen LogP contribution in [0.25, 0.3) is 22.2 Å². The zero-order valence-corrected chi connectivity index (χ0v) is 13.6. The molecule has 0 aliphatic carbocycles. The Hall–Kier alpha value is -2.45. The van der Waals surface area contributed by atoms with Crippen LogP contribution >= 0.6 is 11.6 Å². The van der Waals surface area contributed by atoms with Crippen LogP contribution in [-0.4, -0.2) is 29.1 Å². The maximum atomic E-state index is 13.0. The van der Waals surface area contributed by atoms with Gasteiger partial charge in [0.2, 0.25) is 0 Å². The summed E-state index contributed by atoms with van der Waals surface area (Å²) in [6.07, 6.45) is -2.97. The zero-order chi connectivity index (χ0) is 18.0. The summed E-state index contributed by atoms with van der Waals surface area (Å²) in [5, 5.41) is 8.52. The molecule has 0 bridgehead atoms. The largest absolute Gasteiger partial charge is 0.467 e. The molecule has 2 aromatic heterocycles. The van der Waals surface area contributed by atoms with Gasteiger partial charge in [-0.05, 0) is 30.3 Å². The number of alkyl halides is 3. The Balaban J connectivity index is 2.21. The number of aromatic nitrogens is 3. The maximum Gasteiger partial charge on any atom is 0.416 e. The van der Waals surface area contributed by atoms with E-state index in [0.29, 0.717) is 16.5 Å². The Morgan fingerprint density at radius 2 is 1.96 bits per heavy atom. The number of benzene rings is 1. The highest BCUT2D eigenvalue weighted by Gasteiger charge is 2.32. The van der Waals surface area contributed by atoms with Crippen molar-refractivity contribution in [3.8, 4) is 17.0 Å². The van der Waals surface area contributed by atoms with E-state index in [2.05, 4.69) is 15.2 Å². The highest BCUT2D eigenvalue weighted by Crippen LogP contribution is 2.38. The molecule has 25 heavy (non-hydrogen) atoms. The number of hydrogen-bond acceptors (Lipinski definition) is 5. The minimum absolute atomic E-state index is 0.0414. The predicted molar refractivity (Wildman–Crippen MR) is 85.3 cm³/mol. The van der Waals surface area contributed by atoms with Crippen LogP contribution in [0.4, 0.5) is 13.2 Å². The van der Waals surface area contributed by atoms with Gasteiger partial charge in [-0.25, -0.2) is 0 Å². The van der Waals surface area contributed by atoms with E-state index < -0.39 is 11.7 Å². The quantitative estimate of drug-likeness (QED) is 0.640. The molecule has 5 nitrogen and oxygen atoms in total. The molecule has 0 saturated heterocycles. The third-order valence-corrected chi connectivity index (χ3v) is 3.67. The number of methoxy groups -OCH3 is 1. The molecule has 3 aromatic rings. The Bertz CT molecular complexity index is 919. The lowest BCUT2D eigenvalue weighted by molar-refractivity contribution is -0.137. The zero-order valence-electron chi connectivity index (χ0n) is 12.8. The first-order valence-electron chi connectivity index (χ1n) is 7.02. The van der Waals surface area contributed by atoms with Crippen molar-refractivity contribution >= 4 is 22.5 Å². The van der Waals surface area contributed by atoms with Crippen LogP contribution in [0.15, 0.2) is 36.5 Å². The molecule has 3 rings (SSSR count). The molecule has 0 aliphatic heterocycles. The van der Waals surface area contributed by atoms with Crippen molar-refractivity contribution in [1.29, 1.82) is 0 Å². The average Bonchev–Trinajstić information content (AvgIpc) is 2.60. The van der Waals surface area contributed by atoms with Gasteiger partial charge in [0.1, 0.15) is 17.0 Å². The van der Waals surface area contributed by atoms with Crippen LogP contribution in [0.1, 0.15) is 5.56 Å². The number of halogens is 4. The molecule has 0 atom stereocenters. The van der Waals surface area contributed by atoms with E-state index in [0.717, 1.165) is 12.1 Å². The van der Waals surface area contributed by atoms with Gasteiger partial charge in [0.25, 0.3) is 0 Å². The number of fused-ring (bicyclic) bond motifs is 1. The first-order valence-corrected chi connectivity index (χ1v) is 7.40. The molecular formula is C16H11ClF3N3O2. The van der Waals surface area contributed by atoms with E-state index in [1.807, 2.05) is 0 Å². The molecule has 0 amide bonds. The second-order valence-corrected chi connectivity index (χ2v) is 5.36. The highest BCUT2D eigenvalue weighted by atomic mass is 35.5. The summed E-state index contributed by atoms with van der Waals surface area (Å²) < 4.78 is 49.1. The molecule has 1 aromatic carbocycles. The van der Waals surface area contributed by atoms with E-state index in [1.54, 1.807) is 12.1 Å². The van der Waals surface area contributed by atoms with Gasteiger partial charge in [0.05, 0.1) is 5.56 Å². The molecule has 0 fully saturated rings. The Morgan fingerprint density at radius 3 is 2.68 bits per heavy atom. The molecule has 9 heteroatoms. The number of rotatable bonds is 4. The third-order valence-electron chi connectivity index (χ3n) is 3.39. The summed E-state index contributed by atoms with van der Waals surface area (Å²) >= 11 is 6.01. The summed E-state index contributed by atoms with van der Waals surface area (Å²) in [6, 6.07) is 6.47. The van der Waals surface area contributed by atoms with Crippen LogP contribution in [0, 0.1) is 0 Å². The summed E-state index contributed by atoms with van der Waals surface area (Å²) in [5.41, 5.74) is 0.129. The van der Waals surface area contributed by atoms with E-state index in [-0.39, 0.29) is 23.4 Å². The number of pyridine rings is 1. The van der Waals surface area contributed by atoms with E-state index in [4.69, 9.17) is 21.1 Å². The molecule has 0 spiro atoms. The SMILES string of the molecule is COCOc1cc(C(F)(F)F)ccc1-c1nnc(Cl)c2cccnc12. The highest BCUT2D eigenvalue weighted by molar-refractivity contribution is 6.34. The van der Waals surface area contributed by atoms with Crippen molar-refractivity contribution < 1.29 is 22.6 Å². The van der Waals surface area contributed by atoms with Gasteiger partial charge >= 0.3 is 6.18 Å². The number of ether oxygens (including phenoxy) is 2. The van der Waals surface area contributed by atoms with Gasteiger partial charge in [-0.3, -0.25) is 4.98 Å². The molecular weight excluding hydrogens is 359 g/mol. The smallest absolute Gasteiger partial charge is 0.416 e. The molecule has 0 radical (unpaired) electrons. The summed E-state index contributed by atoms with van der Waals surface area (Å²) in [7, 11) is 1.37. The van der Waals surface area contributed by atoms with Gasteiger partial charge in [-0.15, -0.1) is 10.2 Å².